The highest BCUT2D eigenvalue weighted by atomic mass is 79.9. The Bertz CT molecular complexity index is 693. The van der Waals surface area contributed by atoms with Gasteiger partial charge in [0.15, 0.2) is 0 Å². The molecule has 0 aliphatic carbocycles. The number of hydrogen-bond donors (Lipinski definition) is 1. The van der Waals surface area contributed by atoms with Crippen molar-refractivity contribution in [3.05, 3.63) is 68.1 Å². The summed E-state index contributed by atoms with van der Waals surface area (Å²) in [6.45, 7) is 0.386. The Hall–Kier alpha value is -1.64. The molecule has 3 nitrogen and oxygen atoms in total. The van der Waals surface area contributed by atoms with Gasteiger partial charge in [0.1, 0.15) is 0 Å². The number of nitriles is 1. The van der Waals surface area contributed by atoms with Gasteiger partial charge in [0.05, 0.1) is 17.2 Å². The van der Waals surface area contributed by atoms with Crippen LogP contribution in [0.1, 0.15) is 21.5 Å². The molecule has 20 heavy (non-hydrogen) atoms. The summed E-state index contributed by atoms with van der Waals surface area (Å²) < 4.78 is 1.64. The first-order valence-corrected chi connectivity index (χ1v) is 7.41. The van der Waals surface area contributed by atoms with Crippen LogP contribution >= 0.6 is 31.9 Å². The van der Waals surface area contributed by atoms with Crippen LogP contribution in [0, 0.1) is 11.3 Å². The Labute approximate surface area is 133 Å². The van der Waals surface area contributed by atoms with E-state index in [4.69, 9.17) is 5.26 Å². The molecule has 0 aliphatic rings. The van der Waals surface area contributed by atoms with E-state index in [-0.39, 0.29) is 5.91 Å². The lowest BCUT2D eigenvalue weighted by Gasteiger charge is -2.07. The van der Waals surface area contributed by atoms with Crippen molar-refractivity contribution in [2.24, 2.45) is 0 Å². The van der Waals surface area contributed by atoms with E-state index < -0.39 is 0 Å². The normalized spacial score (nSPS) is 9.85. The monoisotopic (exact) mass is 392 g/mol. The van der Waals surface area contributed by atoms with Crippen molar-refractivity contribution in [3.63, 3.8) is 0 Å². The number of carbonyl (C=O) groups is 1. The van der Waals surface area contributed by atoms with Crippen LogP contribution in [0.4, 0.5) is 0 Å². The molecule has 0 saturated carbocycles. The molecule has 0 bridgehead atoms. The number of hydrogen-bond acceptors (Lipinski definition) is 2. The second-order valence-electron chi connectivity index (χ2n) is 4.12. The van der Waals surface area contributed by atoms with Gasteiger partial charge < -0.3 is 5.32 Å². The molecule has 1 amide bonds. The Morgan fingerprint density at radius 3 is 2.70 bits per heavy atom. The number of rotatable bonds is 3. The molecule has 0 atom stereocenters. The highest BCUT2D eigenvalue weighted by Gasteiger charge is 2.09. The average molecular weight is 394 g/mol. The first-order chi connectivity index (χ1) is 9.60. The van der Waals surface area contributed by atoms with Gasteiger partial charge in [-0.25, -0.2) is 0 Å². The van der Waals surface area contributed by atoms with Crippen LogP contribution in [0.5, 0.6) is 0 Å². The van der Waals surface area contributed by atoms with Crippen LogP contribution in [0.15, 0.2) is 51.4 Å². The van der Waals surface area contributed by atoms with Crippen molar-refractivity contribution in [1.29, 1.82) is 5.26 Å². The van der Waals surface area contributed by atoms with E-state index in [0.717, 1.165) is 14.5 Å². The third kappa shape index (κ3) is 3.69. The molecule has 0 heterocycles. The lowest BCUT2D eigenvalue weighted by Crippen LogP contribution is -2.23. The molecule has 0 radical (unpaired) electrons. The minimum Gasteiger partial charge on any atom is -0.348 e. The molecule has 5 heteroatoms. The topological polar surface area (TPSA) is 52.9 Å². The fourth-order valence-corrected chi connectivity index (χ4v) is 2.93. The maximum atomic E-state index is 12.1. The van der Waals surface area contributed by atoms with Gasteiger partial charge in [-0.15, -0.1) is 0 Å². The van der Waals surface area contributed by atoms with Gasteiger partial charge in [0, 0.05) is 15.5 Å². The fraction of sp³-hybridized carbons (Fsp3) is 0.0667. The fourth-order valence-electron chi connectivity index (χ4n) is 1.70. The Balaban J connectivity index is 2.07. The molecular formula is C15H10Br2N2O. The van der Waals surface area contributed by atoms with Crippen molar-refractivity contribution >= 4 is 37.8 Å². The summed E-state index contributed by atoms with van der Waals surface area (Å²) in [6, 6.07) is 14.6. The maximum absolute atomic E-state index is 12.1. The quantitative estimate of drug-likeness (QED) is 0.856. The number of amides is 1. The molecule has 0 saturated heterocycles. The molecule has 2 rings (SSSR count). The lowest BCUT2D eigenvalue weighted by atomic mass is 10.1. The summed E-state index contributed by atoms with van der Waals surface area (Å²) in [6.07, 6.45) is 0. The second kappa shape index (κ2) is 6.69. The van der Waals surface area contributed by atoms with Crippen LogP contribution in [0.2, 0.25) is 0 Å². The lowest BCUT2D eigenvalue weighted by molar-refractivity contribution is 0.0950. The molecule has 0 spiro atoms. The van der Waals surface area contributed by atoms with Gasteiger partial charge >= 0.3 is 0 Å². The van der Waals surface area contributed by atoms with E-state index in [9.17, 15) is 4.79 Å². The smallest absolute Gasteiger partial charge is 0.252 e. The van der Waals surface area contributed by atoms with Gasteiger partial charge in [-0.3, -0.25) is 4.79 Å². The molecule has 2 aromatic carbocycles. The molecule has 0 aromatic heterocycles. The third-order valence-electron chi connectivity index (χ3n) is 2.68. The maximum Gasteiger partial charge on any atom is 0.252 e. The Kier molecular flexibility index (Phi) is 4.94. The molecular weight excluding hydrogens is 384 g/mol. The predicted molar refractivity (Wildman–Crippen MR) is 84.2 cm³/mol. The van der Waals surface area contributed by atoms with Gasteiger partial charge in [-0.2, -0.15) is 5.26 Å². The first-order valence-electron chi connectivity index (χ1n) is 5.82. The minimum atomic E-state index is -0.160. The summed E-state index contributed by atoms with van der Waals surface area (Å²) in [5, 5.41) is 11.7. The van der Waals surface area contributed by atoms with Crippen LogP contribution in [-0.4, -0.2) is 5.91 Å². The van der Waals surface area contributed by atoms with Gasteiger partial charge in [-0.05, 0) is 51.8 Å². The number of benzene rings is 2. The molecule has 0 fully saturated rings. The Morgan fingerprint density at radius 1 is 1.20 bits per heavy atom. The predicted octanol–water partition coefficient (Wildman–Crippen LogP) is 4.01. The molecule has 0 aliphatic heterocycles. The molecule has 2 aromatic rings. The SMILES string of the molecule is N#Cc1cccc(CNC(=O)c2ccc(Br)cc2Br)c1. The average Bonchev–Trinajstić information content (AvgIpc) is 2.45. The summed E-state index contributed by atoms with van der Waals surface area (Å²) in [4.78, 5) is 12.1. The molecule has 1 N–H and O–H groups in total. The van der Waals surface area contributed by atoms with Crippen molar-refractivity contribution in [1.82, 2.24) is 5.32 Å². The van der Waals surface area contributed by atoms with E-state index in [1.54, 1.807) is 24.3 Å². The van der Waals surface area contributed by atoms with Gasteiger partial charge in [0.2, 0.25) is 0 Å². The zero-order valence-corrected chi connectivity index (χ0v) is 13.5. The zero-order chi connectivity index (χ0) is 14.5. The summed E-state index contributed by atoms with van der Waals surface area (Å²) >= 11 is 6.71. The van der Waals surface area contributed by atoms with Crippen molar-refractivity contribution in [3.8, 4) is 6.07 Å². The zero-order valence-electron chi connectivity index (χ0n) is 10.4. The van der Waals surface area contributed by atoms with E-state index >= 15 is 0 Å². The van der Waals surface area contributed by atoms with Crippen LogP contribution in [-0.2, 0) is 6.54 Å². The number of nitrogens with one attached hydrogen (secondary N) is 1. The van der Waals surface area contributed by atoms with E-state index in [1.165, 1.54) is 0 Å². The molecule has 0 unspecified atom stereocenters. The van der Waals surface area contributed by atoms with Crippen molar-refractivity contribution in [2.75, 3.05) is 0 Å². The minimum absolute atomic E-state index is 0.160. The number of nitrogens with zero attached hydrogens (tertiary/aromatic N) is 1. The number of carbonyl (C=O) groups excluding carboxylic acids is 1. The summed E-state index contributed by atoms with van der Waals surface area (Å²) in [5.74, 6) is -0.160. The van der Waals surface area contributed by atoms with Crippen molar-refractivity contribution in [2.45, 2.75) is 6.54 Å². The van der Waals surface area contributed by atoms with E-state index in [1.807, 2.05) is 18.2 Å². The highest BCUT2D eigenvalue weighted by Crippen LogP contribution is 2.21. The third-order valence-corrected chi connectivity index (χ3v) is 3.83. The Morgan fingerprint density at radius 2 is 2.00 bits per heavy atom. The van der Waals surface area contributed by atoms with Gasteiger partial charge in [-0.1, -0.05) is 28.1 Å². The van der Waals surface area contributed by atoms with E-state index in [2.05, 4.69) is 43.2 Å². The summed E-state index contributed by atoms with van der Waals surface area (Å²) in [5.41, 5.74) is 2.05. The van der Waals surface area contributed by atoms with Crippen molar-refractivity contribution < 1.29 is 4.79 Å². The largest absolute Gasteiger partial charge is 0.348 e. The van der Waals surface area contributed by atoms with E-state index in [0.29, 0.717) is 17.7 Å². The van der Waals surface area contributed by atoms with Crippen LogP contribution in [0.3, 0.4) is 0 Å². The first kappa shape index (κ1) is 14.8. The standard InChI is InChI=1S/C15H10Br2N2O/c16-12-4-5-13(14(17)7-12)15(20)19-9-11-3-1-2-10(6-11)8-18/h1-7H,9H2,(H,19,20). The number of halogens is 2. The second-order valence-corrected chi connectivity index (χ2v) is 5.89. The molecule has 100 valence electrons. The van der Waals surface area contributed by atoms with Gasteiger partial charge in [0.25, 0.3) is 5.91 Å². The highest BCUT2D eigenvalue weighted by molar-refractivity contribution is 9.11. The van der Waals surface area contributed by atoms with Crippen LogP contribution in [0.25, 0.3) is 0 Å². The summed E-state index contributed by atoms with van der Waals surface area (Å²) in [7, 11) is 0. The van der Waals surface area contributed by atoms with Crippen LogP contribution < -0.4 is 5.32 Å².